The van der Waals surface area contributed by atoms with E-state index in [0.717, 1.165) is 10.0 Å². The predicted octanol–water partition coefficient (Wildman–Crippen LogP) is 3.82. The van der Waals surface area contributed by atoms with E-state index in [4.69, 9.17) is 0 Å². The molecule has 0 spiro atoms. The van der Waals surface area contributed by atoms with Gasteiger partial charge in [0.25, 0.3) is 0 Å². The smallest absolute Gasteiger partial charge is 0.320 e. The Morgan fingerprint density at radius 1 is 1.27 bits per heavy atom. The molecule has 5 heteroatoms. The lowest BCUT2D eigenvalue weighted by atomic mass is 10.1. The van der Waals surface area contributed by atoms with Gasteiger partial charge in [0.15, 0.2) is 0 Å². The average Bonchev–Trinajstić information content (AvgIpc) is 2.27. The number of hydrogen-bond acceptors (Lipinski definition) is 2. The molecule has 0 bridgehead atoms. The fourth-order valence-corrected chi connectivity index (χ4v) is 2.33. The Balaban J connectivity index is 2.80. The summed E-state index contributed by atoms with van der Waals surface area (Å²) in [6, 6.07) is 7.75. The molecule has 0 fully saturated rings. The third kappa shape index (κ3) is 3.57. The maximum Gasteiger partial charge on any atom is 0.320 e. The van der Waals surface area contributed by atoms with E-state index >= 15 is 0 Å². The Hall–Kier alpha value is 0.130. The van der Waals surface area contributed by atoms with E-state index in [1.54, 1.807) is 0 Å². The molecule has 15 heavy (non-hydrogen) atoms. The first-order valence-corrected chi connectivity index (χ1v) is 6.80. The van der Waals surface area contributed by atoms with Crippen LogP contribution in [0, 0.1) is 0 Å². The molecule has 0 aromatic heterocycles. The first-order chi connectivity index (χ1) is 7.06. The Kier molecular flexibility index (Phi) is 5.29. The molecule has 0 N–H and O–H groups in total. The minimum absolute atomic E-state index is 0.0990. The van der Waals surface area contributed by atoms with E-state index in [9.17, 15) is 4.79 Å². The number of halogens is 3. The van der Waals surface area contributed by atoms with E-state index in [1.807, 2.05) is 24.3 Å². The number of rotatable bonds is 3. The number of carbonyl (C=O) groups excluding carboxylic acids is 1. The molecule has 0 aliphatic carbocycles. The molecule has 1 aromatic carbocycles. The van der Waals surface area contributed by atoms with E-state index in [2.05, 4.69) is 52.5 Å². The van der Waals surface area contributed by atoms with Crippen molar-refractivity contribution in [1.29, 1.82) is 0 Å². The van der Waals surface area contributed by atoms with Crippen LogP contribution in [0.25, 0.3) is 0 Å². The van der Waals surface area contributed by atoms with Crippen LogP contribution >= 0.6 is 47.8 Å². The molecule has 0 saturated heterocycles. The van der Waals surface area contributed by atoms with Crippen molar-refractivity contribution in [2.75, 3.05) is 7.11 Å². The highest BCUT2D eigenvalue weighted by molar-refractivity contribution is 9.12. The normalized spacial score (nSPS) is 14.4. The minimum Gasteiger partial charge on any atom is -0.468 e. The zero-order valence-corrected chi connectivity index (χ0v) is 12.7. The van der Waals surface area contributed by atoms with E-state index in [-0.39, 0.29) is 15.6 Å². The Labute approximate surface area is 114 Å². The maximum absolute atomic E-state index is 11.3. The van der Waals surface area contributed by atoms with Crippen LogP contribution in [0.3, 0.4) is 0 Å². The van der Waals surface area contributed by atoms with Crippen LogP contribution < -0.4 is 0 Å². The third-order valence-electron chi connectivity index (χ3n) is 1.87. The van der Waals surface area contributed by atoms with Crippen molar-refractivity contribution >= 4 is 53.8 Å². The highest BCUT2D eigenvalue weighted by Crippen LogP contribution is 2.32. The predicted molar refractivity (Wildman–Crippen MR) is 70.5 cm³/mol. The molecule has 0 aliphatic heterocycles. The molecule has 0 unspecified atom stereocenters. The van der Waals surface area contributed by atoms with Crippen molar-refractivity contribution < 1.29 is 9.53 Å². The van der Waals surface area contributed by atoms with Crippen LogP contribution in [0.2, 0.25) is 0 Å². The summed E-state index contributed by atoms with van der Waals surface area (Å²) in [6.07, 6.45) is 0. The van der Waals surface area contributed by atoms with Crippen LogP contribution in [-0.2, 0) is 9.53 Å². The molecule has 0 heterocycles. The van der Waals surface area contributed by atoms with Gasteiger partial charge in [-0.05, 0) is 17.7 Å². The van der Waals surface area contributed by atoms with Crippen LogP contribution in [-0.4, -0.2) is 17.9 Å². The monoisotopic (exact) mass is 398 g/mol. The maximum atomic E-state index is 11.3. The molecule has 2 atom stereocenters. The summed E-state index contributed by atoms with van der Waals surface area (Å²) in [7, 11) is 1.37. The van der Waals surface area contributed by atoms with E-state index < -0.39 is 0 Å². The second-order valence-electron chi connectivity index (χ2n) is 2.88. The fourth-order valence-electron chi connectivity index (χ4n) is 1.05. The SMILES string of the molecule is COC(=O)[C@H](Br)[C@H](Br)c1ccc(Br)cc1. The van der Waals surface area contributed by atoms with Crippen LogP contribution in [0.15, 0.2) is 28.7 Å². The Bertz CT molecular complexity index is 337. The third-order valence-corrected chi connectivity index (χ3v) is 5.07. The Morgan fingerprint density at radius 3 is 2.27 bits per heavy atom. The molecule has 82 valence electrons. The van der Waals surface area contributed by atoms with Crippen molar-refractivity contribution in [3.63, 3.8) is 0 Å². The van der Waals surface area contributed by atoms with Gasteiger partial charge in [-0.25, -0.2) is 0 Å². The number of carbonyl (C=O) groups is 1. The molecule has 1 aromatic rings. The summed E-state index contributed by atoms with van der Waals surface area (Å²) in [4.78, 5) is 10.8. The fraction of sp³-hybridized carbons (Fsp3) is 0.300. The number of ether oxygens (including phenoxy) is 1. The van der Waals surface area contributed by atoms with Gasteiger partial charge in [-0.1, -0.05) is 59.9 Å². The van der Waals surface area contributed by atoms with Crippen LogP contribution in [0.1, 0.15) is 10.4 Å². The van der Waals surface area contributed by atoms with Gasteiger partial charge in [-0.15, -0.1) is 0 Å². The van der Waals surface area contributed by atoms with Crippen molar-refractivity contribution in [3.8, 4) is 0 Å². The lowest BCUT2D eigenvalue weighted by Crippen LogP contribution is -2.20. The molecule has 1 rings (SSSR count). The van der Waals surface area contributed by atoms with Crippen molar-refractivity contribution in [2.45, 2.75) is 9.65 Å². The van der Waals surface area contributed by atoms with Gasteiger partial charge in [-0.3, -0.25) is 4.79 Å². The molecule has 0 saturated carbocycles. The number of benzene rings is 1. The summed E-state index contributed by atoms with van der Waals surface area (Å²) in [5, 5.41) is 0. The second-order valence-corrected chi connectivity index (χ2v) is 5.77. The van der Waals surface area contributed by atoms with Gasteiger partial charge in [-0.2, -0.15) is 0 Å². The quantitative estimate of drug-likeness (QED) is 0.569. The van der Waals surface area contributed by atoms with Crippen molar-refractivity contribution in [3.05, 3.63) is 34.3 Å². The second kappa shape index (κ2) is 6.01. The van der Waals surface area contributed by atoms with Gasteiger partial charge in [0.05, 0.1) is 11.9 Å². The standard InChI is InChI=1S/C10H9Br3O2/c1-15-10(14)9(13)8(12)6-2-4-7(11)5-3-6/h2-5,8-9H,1H3/t8-,9-/m1/s1. The largest absolute Gasteiger partial charge is 0.468 e. The summed E-state index contributed by atoms with van der Waals surface area (Å²) in [5.74, 6) is -0.292. The zero-order valence-electron chi connectivity index (χ0n) is 7.91. The van der Waals surface area contributed by atoms with E-state index in [1.165, 1.54) is 7.11 Å². The average molecular weight is 401 g/mol. The summed E-state index contributed by atoms with van der Waals surface area (Å²) < 4.78 is 5.66. The number of esters is 1. The van der Waals surface area contributed by atoms with Crippen molar-refractivity contribution in [2.24, 2.45) is 0 Å². The molecular weight excluding hydrogens is 392 g/mol. The molecular formula is C10H9Br3O2. The van der Waals surface area contributed by atoms with Crippen LogP contribution in [0.5, 0.6) is 0 Å². The highest BCUT2D eigenvalue weighted by atomic mass is 79.9. The minimum atomic E-state index is -0.385. The number of alkyl halides is 2. The molecule has 0 aliphatic rings. The van der Waals surface area contributed by atoms with Gasteiger partial charge in [0.1, 0.15) is 4.83 Å². The Morgan fingerprint density at radius 2 is 1.80 bits per heavy atom. The number of hydrogen-bond donors (Lipinski definition) is 0. The van der Waals surface area contributed by atoms with Gasteiger partial charge in [0.2, 0.25) is 0 Å². The highest BCUT2D eigenvalue weighted by Gasteiger charge is 2.25. The summed E-state index contributed by atoms with van der Waals surface area (Å²) in [5.41, 5.74) is 1.02. The van der Waals surface area contributed by atoms with Gasteiger partial charge < -0.3 is 4.74 Å². The first kappa shape index (κ1) is 13.2. The summed E-state index contributed by atoms with van der Waals surface area (Å²) >= 11 is 10.1. The molecule has 0 radical (unpaired) electrons. The van der Waals surface area contributed by atoms with Crippen LogP contribution in [0.4, 0.5) is 0 Å². The van der Waals surface area contributed by atoms with Crippen molar-refractivity contribution in [1.82, 2.24) is 0 Å². The molecule has 2 nitrogen and oxygen atoms in total. The first-order valence-electron chi connectivity index (χ1n) is 4.17. The van der Waals surface area contributed by atoms with E-state index in [0.29, 0.717) is 0 Å². The summed E-state index contributed by atoms with van der Waals surface area (Å²) in [6.45, 7) is 0. The molecule has 0 amide bonds. The zero-order chi connectivity index (χ0) is 11.4. The van der Waals surface area contributed by atoms with Gasteiger partial charge >= 0.3 is 5.97 Å². The lowest BCUT2D eigenvalue weighted by Gasteiger charge is -2.14. The van der Waals surface area contributed by atoms with Gasteiger partial charge in [0, 0.05) is 4.47 Å². The lowest BCUT2D eigenvalue weighted by molar-refractivity contribution is -0.139. The topological polar surface area (TPSA) is 26.3 Å². The number of methoxy groups -OCH3 is 1.